The van der Waals surface area contributed by atoms with Crippen LogP contribution in [0.2, 0.25) is 0 Å². The maximum absolute atomic E-state index is 13.3. The summed E-state index contributed by atoms with van der Waals surface area (Å²) in [6, 6.07) is 12.6. The number of anilines is 1. The van der Waals surface area contributed by atoms with Crippen LogP contribution in [0.25, 0.3) is 22.6 Å². The summed E-state index contributed by atoms with van der Waals surface area (Å²) in [6.45, 7) is 0. The van der Waals surface area contributed by atoms with Crippen LogP contribution in [0.1, 0.15) is 38.5 Å². The summed E-state index contributed by atoms with van der Waals surface area (Å²) in [5, 5.41) is 13.5. The Balaban J connectivity index is 1.30. The van der Waals surface area contributed by atoms with E-state index in [2.05, 4.69) is 10.3 Å². The molecule has 3 aromatic rings. The quantitative estimate of drug-likeness (QED) is 0.593. The number of aromatic hydroxyl groups is 1. The average Bonchev–Trinajstić information content (AvgIpc) is 3.12. The van der Waals surface area contributed by atoms with E-state index in [4.69, 9.17) is 4.42 Å². The fraction of sp³-hybridized carbons (Fsp3) is 0.417. The zero-order valence-electron chi connectivity index (χ0n) is 16.2. The molecular weight excluding hydrogens is 364 g/mol. The number of hydrogen-bond donors (Lipinski definition) is 2. The first-order valence-electron chi connectivity index (χ1n) is 10.6. The van der Waals surface area contributed by atoms with Crippen LogP contribution in [0.4, 0.5) is 5.69 Å². The van der Waals surface area contributed by atoms with Gasteiger partial charge in [0.15, 0.2) is 5.58 Å². The van der Waals surface area contributed by atoms with Crippen LogP contribution in [-0.4, -0.2) is 16.0 Å². The van der Waals surface area contributed by atoms with Crippen molar-refractivity contribution < 1.29 is 14.3 Å². The standard InChI is InChI=1S/C24H24N2O3/c27-20-6-5-17(10-18(20)22-26-19-3-1-2-4-21(19)29-22)25-23(28)24-11-14-7-15(12-24)9-16(8-14)13-24/h1-6,10,14-16,27H,7-9,11-13H2,(H,25,28). The second-order valence-corrected chi connectivity index (χ2v) is 9.37. The molecule has 148 valence electrons. The molecule has 4 saturated carbocycles. The predicted molar refractivity (Wildman–Crippen MR) is 110 cm³/mol. The highest BCUT2D eigenvalue weighted by molar-refractivity contribution is 5.96. The normalized spacial score (nSPS) is 30.0. The van der Waals surface area contributed by atoms with Crippen molar-refractivity contribution >= 4 is 22.7 Å². The number of fused-ring (bicyclic) bond motifs is 1. The SMILES string of the molecule is O=C(Nc1ccc(O)c(-c2nc3ccccc3o2)c1)C12CC3CC(CC(C3)C1)C2. The summed E-state index contributed by atoms with van der Waals surface area (Å²) in [6.07, 6.45) is 7.03. The number of benzene rings is 2. The van der Waals surface area contributed by atoms with E-state index in [1.54, 1.807) is 18.2 Å². The van der Waals surface area contributed by atoms with Crippen LogP contribution in [0.5, 0.6) is 5.75 Å². The molecule has 0 atom stereocenters. The summed E-state index contributed by atoms with van der Waals surface area (Å²) in [4.78, 5) is 17.8. The Morgan fingerprint density at radius 1 is 1.03 bits per heavy atom. The first kappa shape index (κ1) is 17.1. The number of rotatable bonds is 3. The average molecular weight is 388 g/mol. The molecule has 1 aromatic heterocycles. The lowest BCUT2D eigenvalue weighted by Crippen LogP contribution is -2.51. The van der Waals surface area contributed by atoms with Gasteiger partial charge in [-0.15, -0.1) is 0 Å². The van der Waals surface area contributed by atoms with Crippen molar-refractivity contribution in [1.82, 2.24) is 4.98 Å². The Morgan fingerprint density at radius 2 is 1.72 bits per heavy atom. The van der Waals surface area contributed by atoms with Gasteiger partial charge in [-0.05, 0) is 86.6 Å². The number of phenolic OH excluding ortho intramolecular Hbond substituents is 1. The molecule has 4 aliphatic rings. The number of carbonyl (C=O) groups is 1. The van der Waals surface area contributed by atoms with Crippen molar-refractivity contribution in [2.45, 2.75) is 38.5 Å². The van der Waals surface area contributed by atoms with Crippen LogP contribution in [0.3, 0.4) is 0 Å². The van der Waals surface area contributed by atoms with E-state index >= 15 is 0 Å². The summed E-state index contributed by atoms with van der Waals surface area (Å²) in [5.74, 6) is 2.76. The minimum atomic E-state index is -0.204. The Labute approximate surface area is 169 Å². The van der Waals surface area contributed by atoms with E-state index in [0.717, 1.165) is 42.5 Å². The molecule has 0 saturated heterocycles. The lowest BCUT2D eigenvalue weighted by atomic mass is 9.49. The number of nitrogens with one attached hydrogen (secondary N) is 1. The van der Waals surface area contributed by atoms with Gasteiger partial charge in [0.1, 0.15) is 11.3 Å². The molecule has 4 bridgehead atoms. The fourth-order valence-electron chi connectivity index (χ4n) is 6.42. The molecule has 1 amide bonds. The molecule has 4 fully saturated rings. The largest absolute Gasteiger partial charge is 0.507 e. The van der Waals surface area contributed by atoms with Gasteiger partial charge in [0, 0.05) is 5.69 Å². The van der Waals surface area contributed by atoms with Crippen LogP contribution < -0.4 is 5.32 Å². The minimum absolute atomic E-state index is 0.0874. The molecular formula is C24H24N2O3. The van der Waals surface area contributed by atoms with Gasteiger partial charge in [0.2, 0.25) is 11.8 Å². The first-order chi connectivity index (χ1) is 14.1. The topological polar surface area (TPSA) is 75.4 Å². The van der Waals surface area contributed by atoms with E-state index in [1.165, 1.54) is 19.3 Å². The molecule has 0 aliphatic heterocycles. The van der Waals surface area contributed by atoms with Gasteiger partial charge in [-0.2, -0.15) is 0 Å². The number of nitrogens with zero attached hydrogens (tertiary/aromatic N) is 1. The second kappa shape index (κ2) is 6.09. The third-order valence-electron chi connectivity index (χ3n) is 7.30. The summed E-state index contributed by atoms with van der Waals surface area (Å²) >= 11 is 0. The van der Waals surface area contributed by atoms with Gasteiger partial charge < -0.3 is 14.8 Å². The third kappa shape index (κ3) is 2.75. The summed E-state index contributed by atoms with van der Waals surface area (Å²) in [7, 11) is 0. The number of carbonyl (C=O) groups excluding carboxylic acids is 1. The van der Waals surface area contributed by atoms with Crippen molar-refractivity contribution in [3.05, 3.63) is 42.5 Å². The highest BCUT2D eigenvalue weighted by Crippen LogP contribution is 2.60. The fourth-order valence-corrected chi connectivity index (χ4v) is 6.42. The predicted octanol–water partition coefficient (Wildman–Crippen LogP) is 5.36. The molecule has 1 heterocycles. The molecule has 29 heavy (non-hydrogen) atoms. The van der Waals surface area contributed by atoms with Crippen LogP contribution in [0.15, 0.2) is 46.9 Å². The van der Waals surface area contributed by atoms with Gasteiger partial charge in [0.25, 0.3) is 0 Å². The molecule has 0 unspecified atom stereocenters. The molecule has 0 radical (unpaired) electrons. The maximum Gasteiger partial charge on any atom is 0.231 e. The molecule has 7 rings (SSSR count). The number of para-hydroxylation sites is 2. The molecule has 5 heteroatoms. The Hall–Kier alpha value is -2.82. The molecule has 2 aromatic carbocycles. The summed E-state index contributed by atoms with van der Waals surface area (Å²) < 4.78 is 5.81. The van der Waals surface area contributed by atoms with Crippen molar-refractivity contribution in [2.24, 2.45) is 23.2 Å². The Morgan fingerprint density at radius 3 is 2.41 bits per heavy atom. The second-order valence-electron chi connectivity index (χ2n) is 9.37. The van der Waals surface area contributed by atoms with Crippen molar-refractivity contribution in [3.63, 3.8) is 0 Å². The van der Waals surface area contributed by atoms with Crippen molar-refractivity contribution in [3.8, 4) is 17.2 Å². The molecule has 0 spiro atoms. The van der Waals surface area contributed by atoms with E-state index < -0.39 is 0 Å². The van der Waals surface area contributed by atoms with E-state index in [-0.39, 0.29) is 17.1 Å². The zero-order chi connectivity index (χ0) is 19.6. The van der Waals surface area contributed by atoms with E-state index in [0.29, 0.717) is 22.7 Å². The van der Waals surface area contributed by atoms with Gasteiger partial charge >= 0.3 is 0 Å². The first-order valence-corrected chi connectivity index (χ1v) is 10.6. The summed E-state index contributed by atoms with van der Waals surface area (Å²) in [5.41, 5.74) is 2.38. The zero-order valence-corrected chi connectivity index (χ0v) is 16.2. The minimum Gasteiger partial charge on any atom is -0.507 e. The smallest absolute Gasteiger partial charge is 0.231 e. The Kier molecular flexibility index (Phi) is 3.58. The van der Waals surface area contributed by atoms with Crippen LogP contribution >= 0.6 is 0 Å². The number of aromatic nitrogens is 1. The third-order valence-corrected chi connectivity index (χ3v) is 7.30. The number of phenols is 1. The highest BCUT2D eigenvalue weighted by Gasteiger charge is 2.54. The van der Waals surface area contributed by atoms with Crippen molar-refractivity contribution in [2.75, 3.05) is 5.32 Å². The molecule has 2 N–H and O–H groups in total. The number of hydrogen-bond acceptors (Lipinski definition) is 4. The Bertz CT molecular complexity index is 1050. The van der Waals surface area contributed by atoms with Gasteiger partial charge in [-0.3, -0.25) is 4.79 Å². The lowest BCUT2D eigenvalue weighted by Gasteiger charge is -2.55. The number of oxazole rings is 1. The van der Waals surface area contributed by atoms with E-state index in [1.807, 2.05) is 24.3 Å². The van der Waals surface area contributed by atoms with Crippen molar-refractivity contribution in [1.29, 1.82) is 0 Å². The highest BCUT2D eigenvalue weighted by atomic mass is 16.3. The van der Waals surface area contributed by atoms with E-state index in [9.17, 15) is 9.90 Å². The molecule has 4 aliphatic carbocycles. The molecule has 5 nitrogen and oxygen atoms in total. The maximum atomic E-state index is 13.3. The van der Waals surface area contributed by atoms with Crippen LogP contribution in [-0.2, 0) is 4.79 Å². The van der Waals surface area contributed by atoms with Gasteiger partial charge in [0.05, 0.1) is 11.0 Å². The monoisotopic (exact) mass is 388 g/mol. The number of amides is 1. The lowest BCUT2D eigenvalue weighted by molar-refractivity contribution is -0.140. The van der Waals surface area contributed by atoms with Gasteiger partial charge in [-0.25, -0.2) is 4.98 Å². The van der Waals surface area contributed by atoms with Gasteiger partial charge in [-0.1, -0.05) is 12.1 Å². The van der Waals surface area contributed by atoms with Crippen LogP contribution in [0, 0.1) is 23.2 Å².